The molecule has 1 N–H and O–H groups in total. The SMILES string of the molecule is CC(C)(C)C(=O)NCc1cn2cc(F)ccc2n1. The van der Waals surface area contributed by atoms with Crippen molar-refractivity contribution in [3.63, 3.8) is 0 Å². The number of hydrogen-bond acceptors (Lipinski definition) is 2. The molecule has 18 heavy (non-hydrogen) atoms. The average molecular weight is 249 g/mol. The van der Waals surface area contributed by atoms with E-state index in [2.05, 4.69) is 10.3 Å². The minimum atomic E-state index is -0.425. The molecule has 5 heteroatoms. The van der Waals surface area contributed by atoms with Crippen LogP contribution in [0.3, 0.4) is 0 Å². The molecule has 0 spiro atoms. The normalized spacial score (nSPS) is 11.8. The van der Waals surface area contributed by atoms with Crippen LogP contribution < -0.4 is 5.32 Å². The highest BCUT2D eigenvalue weighted by atomic mass is 19.1. The van der Waals surface area contributed by atoms with Crippen LogP contribution in [0.2, 0.25) is 0 Å². The van der Waals surface area contributed by atoms with Gasteiger partial charge in [-0.15, -0.1) is 0 Å². The van der Waals surface area contributed by atoms with Gasteiger partial charge in [0, 0.05) is 17.8 Å². The van der Waals surface area contributed by atoms with E-state index in [1.165, 1.54) is 12.3 Å². The number of aromatic nitrogens is 2. The molecule has 0 aliphatic carbocycles. The zero-order valence-corrected chi connectivity index (χ0v) is 10.7. The van der Waals surface area contributed by atoms with Gasteiger partial charge in [-0.3, -0.25) is 4.79 Å². The summed E-state index contributed by atoms with van der Waals surface area (Å²) in [6.45, 7) is 5.89. The maximum absolute atomic E-state index is 13.0. The smallest absolute Gasteiger partial charge is 0.225 e. The number of carbonyl (C=O) groups is 1. The number of fused-ring (bicyclic) bond motifs is 1. The van der Waals surface area contributed by atoms with E-state index in [1.807, 2.05) is 20.8 Å². The fourth-order valence-corrected chi connectivity index (χ4v) is 1.54. The van der Waals surface area contributed by atoms with E-state index in [0.29, 0.717) is 17.9 Å². The Labute approximate surface area is 105 Å². The van der Waals surface area contributed by atoms with Crippen molar-refractivity contribution in [3.05, 3.63) is 36.0 Å². The Balaban J connectivity index is 2.11. The van der Waals surface area contributed by atoms with Crippen LogP contribution >= 0.6 is 0 Å². The van der Waals surface area contributed by atoms with Crippen molar-refractivity contribution < 1.29 is 9.18 Å². The lowest BCUT2D eigenvalue weighted by atomic mass is 9.96. The lowest BCUT2D eigenvalue weighted by molar-refractivity contribution is -0.128. The standard InChI is InChI=1S/C13H16FN3O/c1-13(2,3)12(18)15-6-10-8-17-7-9(14)4-5-11(17)16-10/h4-5,7-8H,6H2,1-3H3,(H,15,18). The highest BCUT2D eigenvalue weighted by Crippen LogP contribution is 2.13. The molecule has 0 fully saturated rings. The van der Waals surface area contributed by atoms with Crippen LogP contribution in [0.1, 0.15) is 26.5 Å². The number of nitrogens with one attached hydrogen (secondary N) is 1. The zero-order valence-electron chi connectivity index (χ0n) is 10.7. The lowest BCUT2D eigenvalue weighted by Gasteiger charge is -2.16. The van der Waals surface area contributed by atoms with Crippen LogP contribution in [0.4, 0.5) is 4.39 Å². The van der Waals surface area contributed by atoms with E-state index in [9.17, 15) is 9.18 Å². The Kier molecular flexibility index (Phi) is 3.07. The van der Waals surface area contributed by atoms with Gasteiger partial charge in [0.25, 0.3) is 0 Å². The predicted molar refractivity (Wildman–Crippen MR) is 66.5 cm³/mol. The maximum atomic E-state index is 13.0. The first-order valence-electron chi connectivity index (χ1n) is 5.78. The minimum absolute atomic E-state index is 0.0364. The average Bonchev–Trinajstić information content (AvgIpc) is 2.66. The van der Waals surface area contributed by atoms with E-state index < -0.39 is 5.41 Å². The summed E-state index contributed by atoms with van der Waals surface area (Å²) in [5.41, 5.74) is 0.945. The van der Waals surface area contributed by atoms with Gasteiger partial charge in [-0.25, -0.2) is 9.37 Å². The molecule has 0 saturated carbocycles. The molecule has 2 heterocycles. The number of halogens is 1. The monoisotopic (exact) mass is 249 g/mol. The zero-order chi connectivity index (χ0) is 13.3. The number of pyridine rings is 1. The van der Waals surface area contributed by atoms with Crippen LogP contribution in [-0.4, -0.2) is 15.3 Å². The van der Waals surface area contributed by atoms with Crippen LogP contribution in [0.25, 0.3) is 5.65 Å². The molecule has 2 aromatic rings. The van der Waals surface area contributed by atoms with Crippen LogP contribution in [0.5, 0.6) is 0 Å². The Morgan fingerprint density at radius 1 is 1.39 bits per heavy atom. The molecule has 1 amide bonds. The summed E-state index contributed by atoms with van der Waals surface area (Å²) in [7, 11) is 0. The molecule has 0 aromatic carbocycles. The second-order valence-electron chi connectivity index (χ2n) is 5.28. The molecule has 2 rings (SSSR count). The molecule has 2 aromatic heterocycles. The van der Waals surface area contributed by atoms with E-state index in [1.54, 1.807) is 16.7 Å². The number of carbonyl (C=O) groups excluding carboxylic acids is 1. The second kappa shape index (κ2) is 4.40. The minimum Gasteiger partial charge on any atom is -0.350 e. The molecular weight excluding hydrogens is 233 g/mol. The van der Waals surface area contributed by atoms with Crippen LogP contribution in [-0.2, 0) is 11.3 Å². The second-order valence-corrected chi connectivity index (χ2v) is 5.28. The molecule has 0 aliphatic rings. The summed E-state index contributed by atoms with van der Waals surface area (Å²) in [6.07, 6.45) is 3.07. The topological polar surface area (TPSA) is 46.4 Å². The molecule has 0 bridgehead atoms. The lowest BCUT2D eigenvalue weighted by Crippen LogP contribution is -2.34. The van der Waals surface area contributed by atoms with Crippen LogP contribution in [0.15, 0.2) is 24.5 Å². The van der Waals surface area contributed by atoms with Gasteiger partial charge in [-0.05, 0) is 12.1 Å². The quantitative estimate of drug-likeness (QED) is 0.886. The number of imidazole rings is 1. The maximum Gasteiger partial charge on any atom is 0.225 e. The highest BCUT2D eigenvalue weighted by molar-refractivity contribution is 5.81. The Hall–Kier alpha value is -1.91. The number of rotatable bonds is 2. The van der Waals surface area contributed by atoms with Crippen molar-refractivity contribution >= 4 is 11.6 Å². The molecule has 0 saturated heterocycles. The molecule has 0 unspecified atom stereocenters. The van der Waals surface area contributed by atoms with Gasteiger partial charge in [-0.1, -0.05) is 20.8 Å². The van der Waals surface area contributed by atoms with Gasteiger partial charge in [-0.2, -0.15) is 0 Å². The summed E-state index contributed by atoms with van der Waals surface area (Å²) in [5.74, 6) is -0.351. The third-order valence-corrected chi connectivity index (χ3v) is 2.58. The van der Waals surface area contributed by atoms with Gasteiger partial charge in [0.05, 0.1) is 12.2 Å². The van der Waals surface area contributed by atoms with Crippen molar-refractivity contribution in [1.29, 1.82) is 0 Å². The summed E-state index contributed by atoms with van der Waals surface area (Å²) in [4.78, 5) is 16.0. The van der Waals surface area contributed by atoms with Crippen molar-refractivity contribution in [2.45, 2.75) is 27.3 Å². The molecule has 96 valence electrons. The summed E-state index contributed by atoms with van der Waals surface area (Å²) < 4.78 is 14.6. The summed E-state index contributed by atoms with van der Waals surface area (Å²) >= 11 is 0. The fourth-order valence-electron chi connectivity index (χ4n) is 1.54. The van der Waals surface area contributed by atoms with Crippen molar-refractivity contribution in [1.82, 2.24) is 14.7 Å². The molecule has 4 nitrogen and oxygen atoms in total. The van der Waals surface area contributed by atoms with Gasteiger partial charge < -0.3 is 9.72 Å². The van der Waals surface area contributed by atoms with Gasteiger partial charge >= 0.3 is 0 Å². The largest absolute Gasteiger partial charge is 0.350 e. The van der Waals surface area contributed by atoms with E-state index in [0.717, 1.165) is 0 Å². The van der Waals surface area contributed by atoms with Gasteiger partial charge in [0.2, 0.25) is 5.91 Å². The first kappa shape index (κ1) is 12.5. The molecule has 0 radical (unpaired) electrons. The third kappa shape index (κ3) is 2.67. The number of amides is 1. The first-order chi connectivity index (χ1) is 8.36. The Morgan fingerprint density at radius 3 is 2.78 bits per heavy atom. The highest BCUT2D eigenvalue weighted by Gasteiger charge is 2.20. The van der Waals surface area contributed by atoms with Gasteiger partial charge in [0.15, 0.2) is 0 Å². The van der Waals surface area contributed by atoms with Crippen LogP contribution in [0, 0.1) is 11.2 Å². The summed E-state index contributed by atoms with van der Waals surface area (Å²) in [5, 5.41) is 2.81. The number of nitrogens with zero attached hydrogens (tertiary/aromatic N) is 2. The summed E-state index contributed by atoms with van der Waals surface area (Å²) in [6, 6.07) is 2.96. The van der Waals surface area contributed by atoms with E-state index in [-0.39, 0.29) is 11.7 Å². The first-order valence-corrected chi connectivity index (χ1v) is 5.78. The molecule has 0 aliphatic heterocycles. The predicted octanol–water partition coefficient (Wildman–Crippen LogP) is 2.14. The van der Waals surface area contributed by atoms with Crippen molar-refractivity contribution in [2.75, 3.05) is 0 Å². The third-order valence-electron chi connectivity index (χ3n) is 2.58. The fraction of sp³-hybridized carbons (Fsp3) is 0.385. The molecule has 0 atom stereocenters. The van der Waals surface area contributed by atoms with Crippen molar-refractivity contribution in [3.8, 4) is 0 Å². The van der Waals surface area contributed by atoms with Gasteiger partial charge in [0.1, 0.15) is 11.5 Å². The number of hydrogen-bond donors (Lipinski definition) is 1. The van der Waals surface area contributed by atoms with E-state index >= 15 is 0 Å². The Morgan fingerprint density at radius 2 is 2.11 bits per heavy atom. The van der Waals surface area contributed by atoms with Crippen molar-refractivity contribution in [2.24, 2.45) is 5.41 Å². The van der Waals surface area contributed by atoms with E-state index in [4.69, 9.17) is 0 Å². The Bertz CT molecular complexity index is 583. The molecular formula is C13H16FN3O.